The summed E-state index contributed by atoms with van der Waals surface area (Å²) >= 11 is 0. The quantitative estimate of drug-likeness (QED) is 0.392. The van der Waals surface area contributed by atoms with E-state index in [1.165, 1.54) is 12.1 Å². The highest BCUT2D eigenvalue weighted by molar-refractivity contribution is 6.13. The number of carbonyl (C=O) groups excluding carboxylic acids is 1. The van der Waals surface area contributed by atoms with Gasteiger partial charge in [0.05, 0.1) is 16.0 Å². The van der Waals surface area contributed by atoms with Gasteiger partial charge in [-0.25, -0.2) is 0 Å². The highest BCUT2D eigenvalue weighted by Crippen LogP contribution is 2.25. The van der Waals surface area contributed by atoms with E-state index in [1.807, 2.05) is 13.0 Å². The molecule has 0 spiro atoms. The highest BCUT2D eigenvalue weighted by atomic mass is 16.6. The van der Waals surface area contributed by atoms with Crippen LogP contribution in [0.1, 0.15) is 16.1 Å². The number of nitro benzene ring substituents is 1. The fraction of sp³-hybridized carbons (Fsp3) is 0.0588. The van der Waals surface area contributed by atoms with Crippen molar-refractivity contribution in [1.82, 2.24) is 15.2 Å². The number of aromatic amines is 2. The number of aryl methyl sites for hydroxylation is 1. The molecular formula is C17H13N5O3. The van der Waals surface area contributed by atoms with Crippen molar-refractivity contribution in [3.05, 3.63) is 64.0 Å². The second kappa shape index (κ2) is 5.45. The second-order valence-corrected chi connectivity index (χ2v) is 5.72. The summed E-state index contributed by atoms with van der Waals surface area (Å²) in [7, 11) is 0. The van der Waals surface area contributed by atoms with Crippen LogP contribution in [0.2, 0.25) is 0 Å². The Labute approximate surface area is 141 Å². The van der Waals surface area contributed by atoms with E-state index in [2.05, 4.69) is 20.5 Å². The largest absolute Gasteiger partial charge is 0.360 e. The molecule has 0 fully saturated rings. The lowest BCUT2D eigenvalue weighted by Crippen LogP contribution is -2.11. The lowest BCUT2D eigenvalue weighted by molar-refractivity contribution is -0.384. The lowest BCUT2D eigenvalue weighted by Gasteiger charge is -2.04. The van der Waals surface area contributed by atoms with E-state index in [9.17, 15) is 14.9 Å². The summed E-state index contributed by atoms with van der Waals surface area (Å²) in [6.07, 6.45) is 1.54. The monoisotopic (exact) mass is 335 g/mol. The van der Waals surface area contributed by atoms with Crippen molar-refractivity contribution in [3.8, 4) is 0 Å². The van der Waals surface area contributed by atoms with Crippen LogP contribution >= 0.6 is 0 Å². The molecule has 2 heterocycles. The first-order chi connectivity index (χ1) is 12.0. The maximum atomic E-state index is 12.6. The number of hydrogen-bond donors (Lipinski definition) is 3. The first-order valence-electron chi connectivity index (χ1n) is 7.54. The second-order valence-electron chi connectivity index (χ2n) is 5.72. The maximum absolute atomic E-state index is 12.6. The van der Waals surface area contributed by atoms with Gasteiger partial charge in [-0.15, -0.1) is 0 Å². The van der Waals surface area contributed by atoms with Crippen molar-refractivity contribution in [3.63, 3.8) is 0 Å². The minimum absolute atomic E-state index is 0.0606. The van der Waals surface area contributed by atoms with E-state index >= 15 is 0 Å². The Balaban J connectivity index is 1.68. The Morgan fingerprint density at radius 2 is 2.04 bits per heavy atom. The van der Waals surface area contributed by atoms with E-state index < -0.39 is 4.92 Å². The molecule has 4 aromatic rings. The van der Waals surface area contributed by atoms with Crippen LogP contribution in [0, 0.1) is 17.0 Å². The summed E-state index contributed by atoms with van der Waals surface area (Å²) in [5.41, 5.74) is 3.26. The van der Waals surface area contributed by atoms with Gasteiger partial charge in [0.2, 0.25) is 0 Å². The Morgan fingerprint density at radius 3 is 2.84 bits per heavy atom. The van der Waals surface area contributed by atoms with Crippen molar-refractivity contribution in [2.45, 2.75) is 6.92 Å². The Hall–Kier alpha value is -3.68. The zero-order chi connectivity index (χ0) is 17.6. The Bertz CT molecular complexity index is 1140. The molecule has 0 aliphatic rings. The summed E-state index contributed by atoms with van der Waals surface area (Å²) in [4.78, 5) is 26.0. The van der Waals surface area contributed by atoms with Crippen LogP contribution in [0.3, 0.4) is 0 Å². The van der Waals surface area contributed by atoms with Crippen LogP contribution in [0.4, 0.5) is 11.4 Å². The molecular weight excluding hydrogens is 322 g/mol. The average Bonchev–Trinajstić information content (AvgIpc) is 3.18. The van der Waals surface area contributed by atoms with Crippen molar-refractivity contribution >= 4 is 39.1 Å². The van der Waals surface area contributed by atoms with E-state index in [1.54, 1.807) is 24.4 Å². The molecule has 8 nitrogen and oxygen atoms in total. The van der Waals surface area contributed by atoms with Crippen molar-refractivity contribution in [2.75, 3.05) is 5.32 Å². The van der Waals surface area contributed by atoms with Crippen LogP contribution < -0.4 is 5.32 Å². The lowest BCUT2D eigenvalue weighted by atomic mass is 10.1. The SMILES string of the molecule is Cc1[nH]nc2cc(NC(=O)c3c[nH]c4ccc([N+](=O)[O-])cc34)ccc12. The molecule has 4 rings (SSSR count). The molecule has 0 unspecified atom stereocenters. The predicted octanol–water partition coefficient (Wildman–Crippen LogP) is 3.51. The fourth-order valence-corrected chi connectivity index (χ4v) is 2.83. The average molecular weight is 335 g/mol. The Kier molecular flexibility index (Phi) is 3.24. The van der Waals surface area contributed by atoms with Gasteiger partial charge in [-0.1, -0.05) is 0 Å². The minimum atomic E-state index is -0.484. The molecule has 3 N–H and O–H groups in total. The number of nitrogens with one attached hydrogen (secondary N) is 3. The molecule has 0 atom stereocenters. The first-order valence-corrected chi connectivity index (χ1v) is 7.54. The van der Waals surface area contributed by atoms with Gasteiger partial charge in [0.1, 0.15) is 0 Å². The van der Waals surface area contributed by atoms with Gasteiger partial charge in [0.15, 0.2) is 0 Å². The molecule has 2 aromatic carbocycles. The third-order valence-corrected chi connectivity index (χ3v) is 4.12. The number of H-pyrrole nitrogens is 2. The number of hydrogen-bond acceptors (Lipinski definition) is 4. The van der Waals surface area contributed by atoms with Gasteiger partial charge in [0, 0.05) is 46.0 Å². The molecule has 25 heavy (non-hydrogen) atoms. The number of benzene rings is 2. The van der Waals surface area contributed by atoms with Gasteiger partial charge in [-0.05, 0) is 31.2 Å². The number of fused-ring (bicyclic) bond motifs is 2. The van der Waals surface area contributed by atoms with Gasteiger partial charge in [-0.3, -0.25) is 20.0 Å². The highest BCUT2D eigenvalue weighted by Gasteiger charge is 2.16. The number of non-ortho nitro benzene ring substituents is 1. The van der Waals surface area contributed by atoms with Crippen molar-refractivity contribution in [1.29, 1.82) is 0 Å². The van der Waals surface area contributed by atoms with Gasteiger partial charge < -0.3 is 10.3 Å². The minimum Gasteiger partial charge on any atom is -0.360 e. The number of nitro groups is 1. The third kappa shape index (κ3) is 2.49. The summed E-state index contributed by atoms with van der Waals surface area (Å²) in [6, 6.07) is 9.82. The maximum Gasteiger partial charge on any atom is 0.270 e. The van der Waals surface area contributed by atoms with E-state index in [4.69, 9.17) is 0 Å². The number of amides is 1. The molecule has 8 heteroatoms. The fourth-order valence-electron chi connectivity index (χ4n) is 2.83. The molecule has 1 amide bonds. The summed E-state index contributed by atoms with van der Waals surface area (Å²) in [5, 5.41) is 22.3. The molecule has 0 saturated heterocycles. The molecule has 0 saturated carbocycles. The molecule has 0 radical (unpaired) electrons. The first kappa shape index (κ1) is 14.9. The molecule has 0 aliphatic carbocycles. The number of aromatic nitrogens is 3. The number of rotatable bonds is 3. The van der Waals surface area contributed by atoms with E-state index in [-0.39, 0.29) is 11.6 Å². The van der Waals surface area contributed by atoms with E-state index in [0.29, 0.717) is 22.2 Å². The Morgan fingerprint density at radius 1 is 1.20 bits per heavy atom. The van der Waals surface area contributed by atoms with Crippen molar-refractivity contribution in [2.24, 2.45) is 0 Å². The molecule has 0 bridgehead atoms. The smallest absolute Gasteiger partial charge is 0.270 e. The third-order valence-electron chi connectivity index (χ3n) is 4.12. The molecule has 124 valence electrons. The summed E-state index contributed by atoms with van der Waals surface area (Å²) in [6.45, 7) is 1.92. The summed E-state index contributed by atoms with van der Waals surface area (Å²) in [5.74, 6) is -0.349. The zero-order valence-corrected chi connectivity index (χ0v) is 13.2. The number of anilines is 1. The van der Waals surface area contributed by atoms with Gasteiger partial charge in [0.25, 0.3) is 11.6 Å². The van der Waals surface area contributed by atoms with Crippen LogP contribution in [0.25, 0.3) is 21.8 Å². The molecule has 0 aliphatic heterocycles. The standard InChI is InChI=1S/C17H13N5O3/c1-9-12-4-2-10(6-16(12)21-20-9)19-17(23)14-8-18-15-5-3-11(22(24)25)7-13(14)15/h2-8,18H,1H3,(H,19,23)(H,20,21). The molecule has 2 aromatic heterocycles. The summed E-state index contributed by atoms with van der Waals surface area (Å²) < 4.78 is 0. The van der Waals surface area contributed by atoms with Gasteiger partial charge in [-0.2, -0.15) is 5.10 Å². The zero-order valence-electron chi connectivity index (χ0n) is 13.2. The predicted molar refractivity (Wildman–Crippen MR) is 93.7 cm³/mol. The van der Waals surface area contributed by atoms with Crippen LogP contribution in [-0.4, -0.2) is 26.0 Å². The van der Waals surface area contributed by atoms with Crippen LogP contribution in [-0.2, 0) is 0 Å². The van der Waals surface area contributed by atoms with E-state index in [0.717, 1.165) is 16.6 Å². The van der Waals surface area contributed by atoms with Crippen LogP contribution in [0.5, 0.6) is 0 Å². The topological polar surface area (TPSA) is 117 Å². The number of carbonyl (C=O) groups is 1. The van der Waals surface area contributed by atoms with Crippen LogP contribution in [0.15, 0.2) is 42.6 Å². The normalized spacial score (nSPS) is 11.1. The van der Waals surface area contributed by atoms with Crippen molar-refractivity contribution < 1.29 is 9.72 Å². The van der Waals surface area contributed by atoms with Gasteiger partial charge >= 0.3 is 0 Å². The number of nitrogens with zero attached hydrogens (tertiary/aromatic N) is 2.